The highest BCUT2D eigenvalue weighted by molar-refractivity contribution is 8.01. The van der Waals surface area contributed by atoms with E-state index < -0.39 is 0 Å². The average Bonchev–Trinajstić information content (AvgIpc) is 2.61. The van der Waals surface area contributed by atoms with E-state index in [4.69, 9.17) is 4.74 Å². The summed E-state index contributed by atoms with van der Waals surface area (Å²) in [6.07, 6.45) is 3.27. The molecule has 0 radical (unpaired) electrons. The SMILES string of the molecule is CCCCSc1sc(OC)cc1C=O. The van der Waals surface area contributed by atoms with Crippen molar-refractivity contribution in [1.82, 2.24) is 0 Å². The second kappa shape index (κ2) is 6.09. The van der Waals surface area contributed by atoms with Crippen LogP contribution in [-0.4, -0.2) is 19.1 Å². The van der Waals surface area contributed by atoms with Gasteiger partial charge in [-0.1, -0.05) is 24.7 Å². The molecule has 0 aliphatic heterocycles. The number of aldehydes is 1. The summed E-state index contributed by atoms with van der Waals surface area (Å²) >= 11 is 3.28. The molecule has 1 aromatic rings. The first-order chi connectivity index (χ1) is 6.81. The monoisotopic (exact) mass is 230 g/mol. The van der Waals surface area contributed by atoms with Gasteiger partial charge in [0.2, 0.25) is 0 Å². The molecule has 0 fully saturated rings. The quantitative estimate of drug-likeness (QED) is 0.425. The van der Waals surface area contributed by atoms with Crippen LogP contribution in [-0.2, 0) is 0 Å². The molecule has 1 heterocycles. The van der Waals surface area contributed by atoms with Crippen molar-refractivity contribution in [3.8, 4) is 5.06 Å². The zero-order valence-corrected chi connectivity index (χ0v) is 10.0. The molecule has 0 amide bonds. The standard InChI is InChI=1S/C10H14O2S2/c1-3-4-5-13-10-8(7-11)6-9(12-2)14-10/h6-7H,3-5H2,1-2H3. The minimum atomic E-state index is 0.757. The maximum absolute atomic E-state index is 10.7. The van der Waals surface area contributed by atoms with E-state index in [0.717, 1.165) is 26.9 Å². The van der Waals surface area contributed by atoms with Crippen molar-refractivity contribution in [2.75, 3.05) is 12.9 Å². The summed E-state index contributed by atoms with van der Waals surface area (Å²) < 4.78 is 6.16. The summed E-state index contributed by atoms with van der Waals surface area (Å²) in [7, 11) is 1.63. The van der Waals surface area contributed by atoms with Crippen LogP contribution in [0.5, 0.6) is 5.06 Å². The van der Waals surface area contributed by atoms with Crippen molar-refractivity contribution in [2.45, 2.75) is 24.0 Å². The van der Waals surface area contributed by atoms with E-state index in [0.29, 0.717) is 0 Å². The lowest BCUT2D eigenvalue weighted by Gasteiger charge is -1.96. The number of ether oxygens (including phenoxy) is 1. The van der Waals surface area contributed by atoms with Crippen molar-refractivity contribution in [1.29, 1.82) is 0 Å². The van der Waals surface area contributed by atoms with E-state index in [1.807, 2.05) is 0 Å². The van der Waals surface area contributed by atoms with E-state index in [2.05, 4.69) is 6.92 Å². The van der Waals surface area contributed by atoms with Gasteiger partial charge in [0.05, 0.1) is 11.3 Å². The Kier molecular flexibility index (Phi) is 5.04. The lowest BCUT2D eigenvalue weighted by Crippen LogP contribution is -1.80. The molecule has 0 saturated heterocycles. The van der Waals surface area contributed by atoms with Gasteiger partial charge < -0.3 is 4.74 Å². The first kappa shape index (κ1) is 11.6. The van der Waals surface area contributed by atoms with Crippen LogP contribution in [0, 0.1) is 0 Å². The molecule has 0 spiro atoms. The molecule has 4 heteroatoms. The van der Waals surface area contributed by atoms with Crippen molar-refractivity contribution in [3.63, 3.8) is 0 Å². The van der Waals surface area contributed by atoms with Crippen molar-refractivity contribution in [3.05, 3.63) is 11.6 Å². The summed E-state index contributed by atoms with van der Waals surface area (Å²) in [6, 6.07) is 1.80. The second-order valence-corrected chi connectivity index (χ2v) is 5.21. The lowest BCUT2D eigenvalue weighted by atomic mass is 10.4. The van der Waals surface area contributed by atoms with Crippen LogP contribution in [0.25, 0.3) is 0 Å². The molecule has 0 unspecified atom stereocenters. The van der Waals surface area contributed by atoms with Crippen molar-refractivity contribution < 1.29 is 9.53 Å². The van der Waals surface area contributed by atoms with E-state index in [1.54, 1.807) is 36.3 Å². The van der Waals surface area contributed by atoms with Gasteiger partial charge in [0, 0.05) is 11.6 Å². The highest BCUT2D eigenvalue weighted by atomic mass is 32.2. The zero-order valence-electron chi connectivity index (χ0n) is 8.41. The van der Waals surface area contributed by atoms with Gasteiger partial charge in [0.15, 0.2) is 11.3 Å². The molecule has 2 nitrogen and oxygen atoms in total. The number of methoxy groups -OCH3 is 1. The minimum Gasteiger partial charge on any atom is -0.487 e. The number of hydrogen-bond acceptors (Lipinski definition) is 4. The maximum atomic E-state index is 10.7. The Morgan fingerprint density at radius 3 is 3.00 bits per heavy atom. The Morgan fingerprint density at radius 2 is 2.43 bits per heavy atom. The van der Waals surface area contributed by atoms with Crippen molar-refractivity contribution >= 4 is 29.4 Å². The van der Waals surface area contributed by atoms with Crippen LogP contribution in [0.4, 0.5) is 0 Å². The number of unbranched alkanes of at least 4 members (excludes halogenated alkanes) is 1. The molecule has 0 aliphatic rings. The van der Waals surface area contributed by atoms with Crippen LogP contribution < -0.4 is 4.74 Å². The summed E-state index contributed by atoms with van der Waals surface area (Å²) in [5.41, 5.74) is 0.757. The van der Waals surface area contributed by atoms with Crippen LogP contribution in [0.3, 0.4) is 0 Å². The summed E-state index contributed by atoms with van der Waals surface area (Å²) in [4.78, 5) is 10.7. The summed E-state index contributed by atoms with van der Waals surface area (Å²) in [5, 5.41) is 0.811. The number of thiophene rings is 1. The molecule has 0 N–H and O–H groups in total. The average molecular weight is 230 g/mol. The molecule has 1 rings (SSSR count). The molecule has 0 saturated carbocycles. The third kappa shape index (κ3) is 3.03. The molecule has 0 atom stereocenters. The lowest BCUT2D eigenvalue weighted by molar-refractivity contribution is 0.112. The fourth-order valence-electron chi connectivity index (χ4n) is 0.970. The normalized spacial score (nSPS) is 10.1. The Bertz CT molecular complexity index is 294. The Morgan fingerprint density at radius 1 is 1.64 bits per heavy atom. The van der Waals surface area contributed by atoms with Crippen LogP contribution in [0.1, 0.15) is 30.1 Å². The smallest absolute Gasteiger partial charge is 0.175 e. The van der Waals surface area contributed by atoms with Crippen LogP contribution >= 0.6 is 23.1 Å². The largest absolute Gasteiger partial charge is 0.487 e. The zero-order chi connectivity index (χ0) is 10.4. The number of rotatable bonds is 6. The topological polar surface area (TPSA) is 26.3 Å². The molecule has 14 heavy (non-hydrogen) atoms. The number of thioether (sulfide) groups is 1. The highest BCUT2D eigenvalue weighted by Gasteiger charge is 2.08. The first-order valence-electron chi connectivity index (χ1n) is 4.57. The van der Waals surface area contributed by atoms with E-state index in [1.165, 1.54) is 12.8 Å². The second-order valence-electron chi connectivity index (χ2n) is 2.83. The van der Waals surface area contributed by atoms with Gasteiger partial charge >= 0.3 is 0 Å². The van der Waals surface area contributed by atoms with Crippen LogP contribution in [0.2, 0.25) is 0 Å². The molecule has 0 aromatic carbocycles. The molecular formula is C10H14O2S2. The van der Waals surface area contributed by atoms with Gasteiger partial charge in [-0.15, -0.1) is 11.8 Å². The molecule has 78 valence electrons. The Balaban J connectivity index is 2.63. The predicted octanol–water partition coefficient (Wildman–Crippen LogP) is 3.46. The van der Waals surface area contributed by atoms with Gasteiger partial charge in [-0.25, -0.2) is 0 Å². The van der Waals surface area contributed by atoms with Crippen LogP contribution in [0.15, 0.2) is 10.3 Å². The third-order valence-electron chi connectivity index (χ3n) is 1.76. The van der Waals surface area contributed by atoms with Gasteiger partial charge in [0.1, 0.15) is 0 Å². The van der Waals surface area contributed by atoms with E-state index >= 15 is 0 Å². The van der Waals surface area contributed by atoms with Gasteiger partial charge in [0.25, 0.3) is 0 Å². The first-order valence-corrected chi connectivity index (χ1v) is 6.37. The molecule has 0 bridgehead atoms. The Labute approximate surface area is 92.7 Å². The molecule has 0 aliphatic carbocycles. The van der Waals surface area contributed by atoms with Crippen molar-refractivity contribution in [2.24, 2.45) is 0 Å². The highest BCUT2D eigenvalue weighted by Crippen LogP contribution is 2.36. The minimum absolute atomic E-state index is 0.757. The third-order valence-corrected chi connectivity index (χ3v) is 4.26. The maximum Gasteiger partial charge on any atom is 0.175 e. The number of carbonyl (C=O) groups is 1. The summed E-state index contributed by atoms with van der Waals surface area (Å²) in [6.45, 7) is 2.16. The number of carbonyl (C=O) groups excluding carboxylic acids is 1. The predicted molar refractivity (Wildman–Crippen MR) is 61.9 cm³/mol. The molecule has 1 aromatic heterocycles. The fourth-order valence-corrected chi connectivity index (χ4v) is 3.27. The van der Waals surface area contributed by atoms with E-state index in [9.17, 15) is 4.79 Å². The van der Waals surface area contributed by atoms with Gasteiger partial charge in [-0.3, -0.25) is 4.79 Å². The Hall–Kier alpha value is -0.480. The fraction of sp³-hybridized carbons (Fsp3) is 0.500. The van der Waals surface area contributed by atoms with Gasteiger partial charge in [-0.05, 0) is 12.2 Å². The van der Waals surface area contributed by atoms with E-state index in [-0.39, 0.29) is 0 Å². The van der Waals surface area contributed by atoms with Gasteiger partial charge in [-0.2, -0.15) is 0 Å². The molecular weight excluding hydrogens is 216 g/mol. The summed E-state index contributed by atoms with van der Waals surface area (Å²) in [5.74, 6) is 1.07. The number of hydrogen-bond donors (Lipinski definition) is 0.